The van der Waals surface area contributed by atoms with Gasteiger partial charge in [-0.15, -0.1) is 11.3 Å². The number of rotatable bonds is 4. The summed E-state index contributed by atoms with van der Waals surface area (Å²) in [5, 5.41) is 5.65. The van der Waals surface area contributed by atoms with Crippen LogP contribution in [0, 0.1) is 19.7 Å². The number of halogens is 1. The third-order valence-electron chi connectivity index (χ3n) is 4.36. The van der Waals surface area contributed by atoms with Crippen molar-refractivity contribution in [1.82, 2.24) is 9.97 Å². The van der Waals surface area contributed by atoms with Crippen LogP contribution in [0.4, 0.5) is 10.2 Å². The van der Waals surface area contributed by atoms with Crippen molar-refractivity contribution in [3.8, 4) is 5.75 Å². The van der Waals surface area contributed by atoms with E-state index >= 15 is 0 Å². The Bertz CT molecular complexity index is 1120. The molecule has 1 N–H and O–H groups in total. The SMILES string of the molecule is COc1ccc(CNc2nccc3c2sc2nc(C)cc(C)c23)cc1F. The van der Waals surface area contributed by atoms with Crippen molar-refractivity contribution in [2.75, 3.05) is 12.4 Å². The fourth-order valence-corrected chi connectivity index (χ4v) is 4.44. The van der Waals surface area contributed by atoms with E-state index < -0.39 is 0 Å². The Kier molecular flexibility index (Phi) is 4.20. The van der Waals surface area contributed by atoms with Crippen molar-refractivity contribution < 1.29 is 9.13 Å². The Hall–Kier alpha value is -2.73. The number of aryl methyl sites for hydroxylation is 2. The minimum absolute atomic E-state index is 0.246. The van der Waals surface area contributed by atoms with Gasteiger partial charge < -0.3 is 10.1 Å². The molecule has 0 aliphatic heterocycles. The Morgan fingerprint density at radius 2 is 2.04 bits per heavy atom. The van der Waals surface area contributed by atoms with Crippen molar-refractivity contribution in [3.05, 3.63) is 59.2 Å². The number of methoxy groups -OCH3 is 1. The number of hydrogen-bond acceptors (Lipinski definition) is 5. The summed E-state index contributed by atoms with van der Waals surface area (Å²) in [6.45, 7) is 4.59. The zero-order chi connectivity index (χ0) is 18.3. The second-order valence-electron chi connectivity index (χ2n) is 6.22. The van der Waals surface area contributed by atoms with Gasteiger partial charge in [0.1, 0.15) is 10.6 Å². The van der Waals surface area contributed by atoms with Crippen molar-refractivity contribution in [2.45, 2.75) is 20.4 Å². The standard InChI is InChI=1S/C20H18FN3OS/c1-11-8-12(2)24-20-17(11)14-6-7-22-19(18(14)26-20)23-10-13-4-5-16(25-3)15(21)9-13/h4-9H,10H2,1-3H3,(H,22,23). The van der Waals surface area contributed by atoms with Gasteiger partial charge in [0.05, 0.1) is 11.8 Å². The lowest BCUT2D eigenvalue weighted by atomic mass is 10.1. The molecule has 0 fully saturated rings. The number of hydrogen-bond donors (Lipinski definition) is 1. The molecule has 4 aromatic rings. The van der Waals surface area contributed by atoms with Gasteiger partial charge in [0, 0.05) is 29.2 Å². The highest BCUT2D eigenvalue weighted by Gasteiger charge is 2.13. The monoisotopic (exact) mass is 367 g/mol. The lowest BCUT2D eigenvalue weighted by Crippen LogP contribution is -2.02. The topological polar surface area (TPSA) is 47.0 Å². The number of aromatic nitrogens is 2. The minimum atomic E-state index is -0.366. The van der Waals surface area contributed by atoms with Crippen LogP contribution in [0.25, 0.3) is 20.3 Å². The van der Waals surface area contributed by atoms with Crippen LogP contribution in [-0.2, 0) is 6.54 Å². The van der Waals surface area contributed by atoms with Crippen molar-refractivity contribution in [1.29, 1.82) is 0 Å². The fourth-order valence-electron chi connectivity index (χ4n) is 3.18. The van der Waals surface area contributed by atoms with Crippen molar-refractivity contribution in [3.63, 3.8) is 0 Å². The summed E-state index contributed by atoms with van der Waals surface area (Å²) in [4.78, 5) is 10.2. The van der Waals surface area contributed by atoms with Gasteiger partial charge in [0.25, 0.3) is 0 Å². The molecule has 0 bridgehead atoms. The van der Waals surface area contributed by atoms with Crippen LogP contribution < -0.4 is 10.1 Å². The number of nitrogens with zero attached hydrogens (tertiary/aromatic N) is 2. The summed E-state index contributed by atoms with van der Waals surface area (Å²) in [6, 6.07) is 9.08. The molecule has 0 aliphatic carbocycles. The molecule has 0 spiro atoms. The summed E-state index contributed by atoms with van der Waals surface area (Å²) in [7, 11) is 1.46. The third kappa shape index (κ3) is 2.86. The zero-order valence-corrected chi connectivity index (χ0v) is 15.6. The first kappa shape index (κ1) is 16.7. The highest BCUT2D eigenvalue weighted by Crippen LogP contribution is 2.38. The van der Waals surface area contributed by atoms with Gasteiger partial charge in [-0.05, 0) is 49.2 Å². The maximum Gasteiger partial charge on any atom is 0.165 e. The molecule has 4 nitrogen and oxygen atoms in total. The van der Waals surface area contributed by atoms with Crippen LogP contribution in [0.2, 0.25) is 0 Å². The minimum Gasteiger partial charge on any atom is -0.494 e. The Morgan fingerprint density at radius 1 is 1.19 bits per heavy atom. The van der Waals surface area contributed by atoms with E-state index in [-0.39, 0.29) is 11.6 Å². The predicted molar refractivity (Wildman–Crippen MR) is 105 cm³/mol. The summed E-state index contributed by atoms with van der Waals surface area (Å²) >= 11 is 1.63. The van der Waals surface area contributed by atoms with Gasteiger partial charge in [-0.2, -0.15) is 0 Å². The van der Waals surface area contributed by atoms with Crippen LogP contribution in [0.1, 0.15) is 16.8 Å². The second kappa shape index (κ2) is 6.53. The molecule has 0 amide bonds. The average Bonchev–Trinajstić information content (AvgIpc) is 2.99. The first-order valence-corrected chi connectivity index (χ1v) is 9.10. The van der Waals surface area contributed by atoms with Crippen LogP contribution in [-0.4, -0.2) is 17.1 Å². The number of thiophene rings is 1. The molecule has 6 heteroatoms. The molecule has 132 valence electrons. The molecule has 26 heavy (non-hydrogen) atoms. The number of nitrogens with one attached hydrogen (secondary N) is 1. The number of anilines is 1. The van der Waals surface area contributed by atoms with Gasteiger partial charge in [0.2, 0.25) is 0 Å². The van der Waals surface area contributed by atoms with E-state index in [4.69, 9.17) is 4.74 Å². The predicted octanol–water partition coefficient (Wildman–Crippen LogP) is 5.22. The number of pyridine rings is 2. The first-order valence-electron chi connectivity index (χ1n) is 8.28. The van der Waals surface area contributed by atoms with E-state index in [0.29, 0.717) is 6.54 Å². The van der Waals surface area contributed by atoms with Crippen molar-refractivity contribution >= 4 is 37.5 Å². The summed E-state index contributed by atoms with van der Waals surface area (Å²) in [5.41, 5.74) is 3.05. The lowest BCUT2D eigenvalue weighted by molar-refractivity contribution is 0.386. The van der Waals surface area contributed by atoms with Crippen LogP contribution in [0.5, 0.6) is 5.75 Å². The average molecular weight is 367 g/mol. The van der Waals surface area contributed by atoms with E-state index in [1.807, 2.05) is 19.1 Å². The van der Waals surface area contributed by atoms with E-state index in [9.17, 15) is 4.39 Å². The molecule has 3 heterocycles. The molecule has 0 atom stereocenters. The highest BCUT2D eigenvalue weighted by molar-refractivity contribution is 7.26. The van der Waals surface area contributed by atoms with E-state index in [1.54, 1.807) is 23.6 Å². The third-order valence-corrected chi connectivity index (χ3v) is 5.47. The fraction of sp³-hybridized carbons (Fsp3) is 0.200. The molecular formula is C20H18FN3OS. The lowest BCUT2D eigenvalue weighted by Gasteiger charge is -2.08. The van der Waals surface area contributed by atoms with E-state index in [2.05, 4.69) is 28.3 Å². The molecule has 0 radical (unpaired) electrons. The summed E-state index contributed by atoms with van der Waals surface area (Å²) in [5.74, 6) is 0.671. The highest BCUT2D eigenvalue weighted by atomic mass is 32.1. The molecule has 0 aliphatic rings. The molecule has 1 aromatic carbocycles. The Morgan fingerprint density at radius 3 is 2.81 bits per heavy atom. The van der Waals surface area contributed by atoms with Gasteiger partial charge in [-0.1, -0.05) is 6.07 Å². The first-order chi connectivity index (χ1) is 12.6. The van der Waals surface area contributed by atoms with Gasteiger partial charge in [0.15, 0.2) is 11.6 Å². The largest absolute Gasteiger partial charge is 0.494 e. The zero-order valence-electron chi connectivity index (χ0n) is 14.8. The summed E-state index contributed by atoms with van der Waals surface area (Å²) < 4.78 is 19.9. The Balaban J connectivity index is 1.71. The molecule has 0 saturated heterocycles. The van der Waals surface area contributed by atoms with Crippen LogP contribution >= 0.6 is 11.3 Å². The van der Waals surface area contributed by atoms with Crippen LogP contribution in [0.15, 0.2) is 36.5 Å². The molecule has 3 aromatic heterocycles. The molecule has 4 rings (SSSR count). The molecular weight excluding hydrogens is 349 g/mol. The number of benzene rings is 1. The van der Waals surface area contributed by atoms with Gasteiger partial charge >= 0.3 is 0 Å². The van der Waals surface area contributed by atoms with E-state index in [1.165, 1.54) is 24.1 Å². The number of fused-ring (bicyclic) bond motifs is 3. The normalized spacial score (nSPS) is 11.2. The smallest absolute Gasteiger partial charge is 0.165 e. The second-order valence-corrected chi connectivity index (χ2v) is 7.22. The quantitative estimate of drug-likeness (QED) is 0.537. The van der Waals surface area contributed by atoms with Gasteiger partial charge in [-0.3, -0.25) is 0 Å². The maximum absolute atomic E-state index is 13.9. The summed E-state index contributed by atoms with van der Waals surface area (Å²) in [6.07, 6.45) is 1.80. The maximum atomic E-state index is 13.9. The molecule has 0 unspecified atom stereocenters. The number of ether oxygens (including phenoxy) is 1. The van der Waals surface area contributed by atoms with Crippen molar-refractivity contribution in [2.24, 2.45) is 0 Å². The van der Waals surface area contributed by atoms with E-state index in [0.717, 1.165) is 32.0 Å². The molecule has 0 saturated carbocycles. The van der Waals surface area contributed by atoms with Crippen LogP contribution in [0.3, 0.4) is 0 Å². The van der Waals surface area contributed by atoms with Gasteiger partial charge in [-0.25, -0.2) is 14.4 Å². The Labute approximate surface area is 154 Å².